The molecule has 1 aromatic rings. The van der Waals surface area contributed by atoms with E-state index in [4.69, 9.17) is 5.53 Å². The van der Waals surface area contributed by atoms with Crippen molar-refractivity contribution in [2.75, 3.05) is 0 Å². The molecule has 0 aromatic heterocycles. The van der Waals surface area contributed by atoms with E-state index >= 15 is 0 Å². The molecule has 1 aromatic carbocycles. The molecule has 0 atom stereocenters. The molecule has 0 aliphatic carbocycles. The van der Waals surface area contributed by atoms with Crippen molar-refractivity contribution in [2.24, 2.45) is 5.11 Å². The van der Waals surface area contributed by atoms with E-state index < -0.39 is 0 Å². The molecule has 3 heteroatoms. The van der Waals surface area contributed by atoms with Gasteiger partial charge in [0.15, 0.2) is 10.8 Å². The average Bonchev–Trinajstić information content (AvgIpc) is 1.91. The van der Waals surface area contributed by atoms with Crippen LogP contribution < -0.4 is 4.91 Å². The summed E-state index contributed by atoms with van der Waals surface area (Å²) in [6, 6.07) is 9.17. The summed E-state index contributed by atoms with van der Waals surface area (Å²) in [6.45, 7) is 0. The molecule has 0 fully saturated rings. The number of hydrogen-bond acceptors (Lipinski definition) is 2. The van der Waals surface area contributed by atoms with E-state index in [1.165, 1.54) is 0 Å². The van der Waals surface area contributed by atoms with Gasteiger partial charge in [0.1, 0.15) is 5.53 Å². The molecule has 0 aliphatic heterocycles. The van der Waals surface area contributed by atoms with Gasteiger partial charge in [0.05, 0.1) is 0 Å². The second-order valence-corrected chi connectivity index (χ2v) is 1.54. The van der Waals surface area contributed by atoms with Crippen LogP contribution in [0.3, 0.4) is 0 Å². The summed E-state index contributed by atoms with van der Waals surface area (Å²) < 4.78 is 0. The maximum absolute atomic E-state index is 6.40. The largest absolute Gasteiger partial charge is 0.220 e. The standard InChI is InChI=1S/C6H6N3/c7-9-8-6-4-2-1-3-5-6/h1-5,7H/q+1. The van der Waals surface area contributed by atoms with Crippen LogP contribution in [0.15, 0.2) is 35.4 Å². The lowest BCUT2D eigenvalue weighted by Crippen LogP contribution is -1.60. The van der Waals surface area contributed by atoms with Crippen LogP contribution >= 0.6 is 0 Å². The van der Waals surface area contributed by atoms with Crippen LogP contribution in [0.5, 0.6) is 0 Å². The smallest absolute Gasteiger partial charge is 0.0621 e. The van der Waals surface area contributed by atoms with Gasteiger partial charge in [-0.25, -0.2) is 0 Å². The minimum Gasteiger partial charge on any atom is -0.0621 e. The van der Waals surface area contributed by atoms with Crippen molar-refractivity contribution in [1.82, 2.24) is 4.91 Å². The maximum atomic E-state index is 6.40. The van der Waals surface area contributed by atoms with Crippen LogP contribution in [-0.4, -0.2) is 0 Å². The molecule has 0 heterocycles. The first kappa shape index (κ1) is 5.66. The van der Waals surface area contributed by atoms with Crippen LogP contribution in [0.1, 0.15) is 0 Å². The summed E-state index contributed by atoms with van der Waals surface area (Å²) >= 11 is 0. The van der Waals surface area contributed by atoms with E-state index in [1.807, 2.05) is 18.2 Å². The Kier molecular flexibility index (Phi) is 1.73. The van der Waals surface area contributed by atoms with Crippen molar-refractivity contribution in [1.29, 1.82) is 5.53 Å². The molecule has 1 rings (SSSR count). The van der Waals surface area contributed by atoms with Gasteiger partial charge in [-0.2, -0.15) is 0 Å². The molecule has 0 aliphatic rings. The van der Waals surface area contributed by atoms with E-state index in [0.717, 1.165) is 0 Å². The van der Waals surface area contributed by atoms with Gasteiger partial charge in [0, 0.05) is 0 Å². The Morgan fingerprint density at radius 3 is 2.44 bits per heavy atom. The van der Waals surface area contributed by atoms with E-state index in [2.05, 4.69) is 10.0 Å². The van der Waals surface area contributed by atoms with Crippen LogP contribution in [0, 0.1) is 5.53 Å². The van der Waals surface area contributed by atoms with Gasteiger partial charge < -0.3 is 0 Å². The number of nitrogens with zero attached hydrogens (tertiary/aromatic N) is 2. The van der Waals surface area contributed by atoms with E-state index in [9.17, 15) is 0 Å². The van der Waals surface area contributed by atoms with Gasteiger partial charge in [0.25, 0.3) is 0 Å². The van der Waals surface area contributed by atoms with Crippen LogP contribution in [0.25, 0.3) is 0 Å². The summed E-state index contributed by atoms with van der Waals surface area (Å²) in [6.07, 6.45) is 0. The lowest BCUT2D eigenvalue weighted by molar-refractivity contribution is 0.992. The molecule has 0 radical (unpaired) electrons. The first-order chi connectivity index (χ1) is 4.43. The lowest BCUT2D eigenvalue weighted by atomic mass is 10.3. The number of rotatable bonds is 1. The minimum atomic E-state index is 0.715. The molecular weight excluding hydrogens is 114 g/mol. The van der Waals surface area contributed by atoms with Crippen molar-refractivity contribution in [2.45, 2.75) is 0 Å². The van der Waals surface area contributed by atoms with Gasteiger partial charge in [-0.15, -0.1) is 0 Å². The van der Waals surface area contributed by atoms with E-state index in [-0.39, 0.29) is 0 Å². The quantitative estimate of drug-likeness (QED) is 0.434. The summed E-state index contributed by atoms with van der Waals surface area (Å²) in [5, 5.41) is 3.50. The fourth-order valence-corrected chi connectivity index (χ4v) is 0.552. The maximum Gasteiger partial charge on any atom is 0.220 e. The molecule has 0 amide bonds. The monoisotopic (exact) mass is 120 g/mol. The summed E-state index contributed by atoms with van der Waals surface area (Å²) in [5.41, 5.74) is 7.11. The minimum absolute atomic E-state index is 0.715. The zero-order valence-electron chi connectivity index (χ0n) is 4.78. The Balaban J connectivity index is 2.97. The van der Waals surface area contributed by atoms with E-state index in [0.29, 0.717) is 5.69 Å². The predicted octanol–water partition coefficient (Wildman–Crippen LogP) is 1.87. The number of benzene rings is 1. The van der Waals surface area contributed by atoms with Gasteiger partial charge >= 0.3 is 0 Å². The van der Waals surface area contributed by atoms with Gasteiger partial charge in [0.2, 0.25) is 4.91 Å². The SMILES string of the molecule is N=[N+]=Nc1ccccc1. The zero-order valence-corrected chi connectivity index (χ0v) is 4.78. The van der Waals surface area contributed by atoms with Gasteiger partial charge in [-0.05, 0) is 12.1 Å². The average molecular weight is 120 g/mol. The normalized spacial score (nSPS) is 8.00. The summed E-state index contributed by atoms with van der Waals surface area (Å²) in [5.74, 6) is 0. The molecule has 3 nitrogen and oxygen atoms in total. The number of nitrogens with one attached hydrogen (secondary N) is 1. The highest BCUT2D eigenvalue weighted by Crippen LogP contribution is 2.06. The van der Waals surface area contributed by atoms with Crippen molar-refractivity contribution in [3.63, 3.8) is 0 Å². The Morgan fingerprint density at radius 2 is 1.89 bits per heavy atom. The lowest BCUT2D eigenvalue weighted by Gasteiger charge is -1.77. The molecule has 1 N–H and O–H groups in total. The third kappa shape index (κ3) is 1.48. The predicted molar refractivity (Wildman–Crippen MR) is 33.4 cm³/mol. The highest BCUT2D eigenvalue weighted by atomic mass is 15.1. The molecule has 0 bridgehead atoms. The topological polar surface area (TPSA) is 50.3 Å². The molecule has 0 spiro atoms. The van der Waals surface area contributed by atoms with Crippen molar-refractivity contribution in [3.8, 4) is 0 Å². The summed E-state index contributed by atoms with van der Waals surface area (Å²) in [4.78, 5) is 2.88. The zero-order chi connectivity index (χ0) is 6.53. The molecule has 9 heavy (non-hydrogen) atoms. The molecule has 44 valence electrons. The molecular formula is C6H6N3+. The second-order valence-electron chi connectivity index (χ2n) is 1.54. The van der Waals surface area contributed by atoms with Crippen molar-refractivity contribution in [3.05, 3.63) is 30.3 Å². The highest BCUT2D eigenvalue weighted by Gasteiger charge is 1.88. The summed E-state index contributed by atoms with van der Waals surface area (Å²) in [7, 11) is 0. The molecule has 0 saturated carbocycles. The first-order valence-corrected chi connectivity index (χ1v) is 2.56. The van der Waals surface area contributed by atoms with E-state index in [1.54, 1.807) is 12.1 Å². The highest BCUT2D eigenvalue weighted by molar-refractivity contribution is 5.34. The van der Waals surface area contributed by atoms with Gasteiger partial charge in [-0.1, -0.05) is 18.2 Å². The van der Waals surface area contributed by atoms with Crippen LogP contribution in [0.2, 0.25) is 0 Å². The van der Waals surface area contributed by atoms with Crippen molar-refractivity contribution < 1.29 is 0 Å². The van der Waals surface area contributed by atoms with Crippen LogP contribution in [-0.2, 0) is 0 Å². The third-order valence-corrected chi connectivity index (χ3v) is 0.922. The number of hydrogen-bond donors (Lipinski definition) is 1. The second kappa shape index (κ2) is 2.74. The van der Waals surface area contributed by atoms with Crippen molar-refractivity contribution >= 4 is 5.69 Å². The van der Waals surface area contributed by atoms with Gasteiger partial charge in [-0.3, -0.25) is 0 Å². The Bertz CT molecular complexity index is 223. The first-order valence-electron chi connectivity index (χ1n) is 2.56. The molecule has 0 saturated heterocycles. The Morgan fingerprint density at radius 1 is 1.22 bits per heavy atom. The fraction of sp³-hybridized carbons (Fsp3) is 0. The van der Waals surface area contributed by atoms with Crippen LogP contribution in [0.4, 0.5) is 5.69 Å². The Hall–Kier alpha value is -1.47. The molecule has 0 unspecified atom stereocenters. The Labute approximate surface area is 52.6 Å². The fourth-order valence-electron chi connectivity index (χ4n) is 0.552. The third-order valence-electron chi connectivity index (χ3n) is 0.922.